The average Bonchev–Trinajstić information content (AvgIpc) is 2.92. The molecule has 0 amide bonds. The molecule has 0 aromatic heterocycles. The van der Waals surface area contributed by atoms with Crippen molar-refractivity contribution in [3.63, 3.8) is 0 Å². The van der Waals surface area contributed by atoms with Crippen molar-refractivity contribution in [2.75, 3.05) is 19.8 Å². The Labute approximate surface area is 242 Å². The van der Waals surface area contributed by atoms with E-state index in [0.717, 1.165) is 19.8 Å². The first-order valence-corrected chi connectivity index (χ1v) is 18.0. The van der Waals surface area contributed by atoms with Crippen LogP contribution < -0.4 is 0 Å². The van der Waals surface area contributed by atoms with Crippen molar-refractivity contribution in [3.05, 3.63) is 0 Å². The summed E-state index contributed by atoms with van der Waals surface area (Å²) in [6.07, 6.45) is 41.0. The van der Waals surface area contributed by atoms with Gasteiger partial charge in [-0.1, -0.05) is 188 Å². The fourth-order valence-corrected chi connectivity index (χ4v) is 5.62. The number of hydrogen-bond acceptors (Lipinski definition) is 2. The van der Waals surface area contributed by atoms with Crippen molar-refractivity contribution in [3.8, 4) is 0 Å². The average molecular weight is 539 g/mol. The minimum atomic E-state index is 0.452. The second-order valence-electron chi connectivity index (χ2n) is 12.2. The van der Waals surface area contributed by atoms with Crippen LogP contribution in [0.2, 0.25) is 0 Å². The Morgan fingerprint density at radius 3 is 1.08 bits per heavy atom. The summed E-state index contributed by atoms with van der Waals surface area (Å²) >= 11 is 0. The molecule has 0 heterocycles. The fraction of sp³-hybridized carbons (Fsp3) is 1.00. The van der Waals surface area contributed by atoms with Crippen LogP contribution in [0.1, 0.15) is 207 Å². The zero-order valence-corrected chi connectivity index (χ0v) is 27.0. The van der Waals surface area contributed by atoms with Crippen molar-refractivity contribution in [1.29, 1.82) is 0 Å². The molecule has 0 aromatic carbocycles. The maximum atomic E-state index is 6.17. The van der Waals surface area contributed by atoms with Gasteiger partial charge < -0.3 is 9.47 Å². The molecule has 0 bridgehead atoms. The van der Waals surface area contributed by atoms with Gasteiger partial charge in [-0.15, -0.1) is 0 Å². The summed E-state index contributed by atoms with van der Waals surface area (Å²) in [5, 5.41) is 0. The van der Waals surface area contributed by atoms with Crippen LogP contribution in [-0.2, 0) is 9.47 Å². The van der Waals surface area contributed by atoms with Crippen LogP contribution in [0, 0.1) is 0 Å². The zero-order valence-electron chi connectivity index (χ0n) is 27.0. The molecule has 38 heavy (non-hydrogen) atoms. The van der Waals surface area contributed by atoms with Gasteiger partial charge in [-0.3, -0.25) is 0 Å². The second-order valence-corrected chi connectivity index (χ2v) is 12.2. The Morgan fingerprint density at radius 1 is 0.316 bits per heavy atom. The fourth-order valence-electron chi connectivity index (χ4n) is 5.62. The minimum absolute atomic E-state index is 0.452. The topological polar surface area (TPSA) is 18.5 Å². The van der Waals surface area contributed by atoms with Crippen molar-refractivity contribution >= 4 is 0 Å². The number of ether oxygens (including phenoxy) is 2. The zero-order chi connectivity index (χ0) is 27.6. The highest BCUT2D eigenvalue weighted by atomic mass is 16.5. The van der Waals surface area contributed by atoms with Gasteiger partial charge in [0, 0.05) is 6.61 Å². The highest BCUT2D eigenvalue weighted by molar-refractivity contribution is 4.59. The Hall–Kier alpha value is -0.0800. The van der Waals surface area contributed by atoms with E-state index in [1.807, 2.05) is 0 Å². The van der Waals surface area contributed by atoms with E-state index in [9.17, 15) is 0 Å². The van der Waals surface area contributed by atoms with E-state index in [1.165, 1.54) is 186 Å². The molecule has 0 aliphatic carbocycles. The highest BCUT2D eigenvalue weighted by Gasteiger charge is 2.08. The van der Waals surface area contributed by atoms with E-state index in [0.29, 0.717) is 6.10 Å². The predicted octanol–water partition coefficient (Wildman–Crippen LogP) is 12.8. The molecule has 0 radical (unpaired) electrons. The maximum Gasteiger partial charge on any atom is 0.0704 e. The van der Waals surface area contributed by atoms with Crippen molar-refractivity contribution in [1.82, 2.24) is 0 Å². The molecule has 0 N–H and O–H groups in total. The summed E-state index contributed by atoms with van der Waals surface area (Å²) in [6, 6.07) is 0. The molecule has 0 saturated carbocycles. The Balaban J connectivity index is 3.31. The van der Waals surface area contributed by atoms with E-state index in [-0.39, 0.29) is 0 Å². The van der Waals surface area contributed by atoms with Gasteiger partial charge in [-0.25, -0.2) is 0 Å². The summed E-state index contributed by atoms with van der Waals surface area (Å²) in [6.45, 7) is 9.35. The summed E-state index contributed by atoms with van der Waals surface area (Å²) in [4.78, 5) is 0. The molecule has 2 nitrogen and oxygen atoms in total. The van der Waals surface area contributed by atoms with E-state index in [2.05, 4.69) is 20.8 Å². The van der Waals surface area contributed by atoms with Crippen LogP contribution in [0.5, 0.6) is 0 Å². The molecule has 230 valence electrons. The van der Waals surface area contributed by atoms with Gasteiger partial charge in [0.2, 0.25) is 0 Å². The summed E-state index contributed by atoms with van der Waals surface area (Å²) in [5.41, 5.74) is 0. The predicted molar refractivity (Wildman–Crippen MR) is 171 cm³/mol. The van der Waals surface area contributed by atoms with Gasteiger partial charge in [0.15, 0.2) is 0 Å². The molecule has 0 fully saturated rings. The van der Waals surface area contributed by atoms with Gasteiger partial charge in [-0.2, -0.15) is 0 Å². The molecule has 0 saturated heterocycles. The summed E-state index contributed by atoms with van der Waals surface area (Å²) in [7, 11) is 0. The lowest BCUT2D eigenvalue weighted by molar-refractivity contribution is -0.00395. The second kappa shape index (κ2) is 34.9. The molecular weight excluding hydrogens is 464 g/mol. The van der Waals surface area contributed by atoms with Gasteiger partial charge in [0.25, 0.3) is 0 Å². The lowest BCUT2D eigenvalue weighted by atomic mass is 10.0. The lowest BCUT2D eigenvalue weighted by Gasteiger charge is -2.17. The molecule has 0 aliphatic rings. The standard InChI is InChI=1S/C36H74O2/c1-4-7-9-11-13-15-17-18-19-20-21-22-24-26-28-30-33-37-34-35-38-36(31-6-3)32-29-27-25-23-16-14-12-10-8-5-2/h36H,4-35H2,1-3H3. The largest absolute Gasteiger partial charge is 0.379 e. The van der Waals surface area contributed by atoms with Crippen molar-refractivity contribution in [2.45, 2.75) is 213 Å². The van der Waals surface area contributed by atoms with Crippen LogP contribution in [0.25, 0.3) is 0 Å². The first kappa shape index (κ1) is 37.9. The lowest BCUT2D eigenvalue weighted by Crippen LogP contribution is -2.16. The Morgan fingerprint density at radius 2 is 0.684 bits per heavy atom. The molecule has 0 spiro atoms. The first-order valence-electron chi connectivity index (χ1n) is 18.0. The highest BCUT2D eigenvalue weighted by Crippen LogP contribution is 2.16. The third-order valence-electron chi connectivity index (χ3n) is 8.21. The molecule has 1 unspecified atom stereocenters. The number of unbranched alkanes of at least 4 members (excludes halogenated alkanes) is 24. The van der Waals surface area contributed by atoms with Crippen LogP contribution in [0.15, 0.2) is 0 Å². The summed E-state index contributed by atoms with van der Waals surface area (Å²) in [5.74, 6) is 0. The molecule has 0 aromatic rings. The van der Waals surface area contributed by atoms with Crippen LogP contribution in [-0.4, -0.2) is 25.9 Å². The molecule has 2 heteroatoms. The van der Waals surface area contributed by atoms with E-state index >= 15 is 0 Å². The van der Waals surface area contributed by atoms with E-state index in [4.69, 9.17) is 9.47 Å². The Kier molecular flexibility index (Phi) is 34.9. The minimum Gasteiger partial charge on any atom is -0.379 e. The Bertz CT molecular complexity index is 397. The molecule has 0 rings (SSSR count). The first-order chi connectivity index (χ1) is 18.8. The van der Waals surface area contributed by atoms with Crippen LogP contribution in [0.3, 0.4) is 0 Å². The van der Waals surface area contributed by atoms with Crippen molar-refractivity contribution in [2.24, 2.45) is 0 Å². The van der Waals surface area contributed by atoms with Gasteiger partial charge in [0.1, 0.15) is 0 Å². The molecule has 0 aliphatic heterocycles. The monoisotopic (exact) mass is 539 g/mol. The quantitative estimate of drug-likeness (QED) is 0.0758. The third kappa shape index (κ3) is 32.1. The van der Waals surface area contributed by atoms with E-state index in [1.54, 1.807) is 0 Å². The van der Waals surface area contributed by atoms with Crippen LogP contribution in [0.4, 0.5) is 0 Å². The maximum absolute atomic E-state index is 6.17. The normalized spacial score (nSPS) is 12.4. The van der Waals surface area contributed by atoms with Gasteiger partial charge in [-0.05, 0) is 19.3 Å². The molecular formula is C36H74O2. The van der Waals surface area contributed by atoms with Gasteiger partial charge >= 0.3 is 0 Å². The number of hydrogen-bond donors (Lipinski definition) is 0. The van der Waals surface area contributed by atoms with E-state index < -0.39 is 0 Å². The third-order valence-corrected chi connectivity index (χ3v) is 8.21. The summed E-state index contributed by atoms with van der Waals surface area (Å²) < 4.78 is 12.0. The molecule has 1 atom stereocenters. The SMILES string of the molecule is CCCCCCCCCCCCCCCCCCOCCOC(CCC)CCCCCCCCCCCC. The number of rotatable bonds is 34. The smallest absolute Gasteiger partial charge is 0.0704 e. The van der Waals surface area contributed by atoms with Crippen molar-refractivity contribution < 1.29 is 9.47 Å². The van der Waals surface area contributed by atoms with Gasteiger partial charge in [0.05, 0.1) is 19.3 Å². The van der Waals surface area contributed by atoms with Crippen LogP contribution >= 0.6 is 0 Å².